The van der Waals surface area contributed by atoms with E-state index < -0.39 is 76.9 Å². The number of carbonyl (C=O) groups is 4. The molecule has 2 aliphatic carbocycles. The molecule has 0 amide bonds. The maximum absolute atomic E-state index is 12.2. The first-order valence-corrected chi connectivity index (χ1v) is 11.1. The fourth-order valence-electron chi connectivity index (χ4n) is 6.32. The predicted octanol–water partition coefficient (Wildman–Crippen LogP) is 0.208. The van der Waals surface area contributed by atoms with Crippen LogP contribution >= 0.6 is 0 Å². The summed E-state index contributed by atoms with van der Waals surface area (Å²) in [6.45, 7) is 8.14. The first-order valence-electron chi connectivity index (χ1n) is 11.1. The monoisotopic (exact) mass is 482 g/mol. The predicted molar refractivity (Wildman–Crippen MR) is 111 cm³/mol. The largest absolute Gasteiger partial charge is 0.465 e. The number of hydrogen-bond donors (Lipinski definition) is 1. The third-order valence-corrected chi connectivity index (χ3v) is 7.81. The highest BCUT2D eigenvalue weighted by atomic mass is 16.7. The second kappa shape index (κ2) is 8.03. The average molecular weight is 482 g/mol. The Morgan fingerprint density at radius 3 is 2.12 bits per heavy atom. The van der Waals surface area contributed by atoms with Gasteiger partial charge in [0.15, 0.2) is 12.2 Å². The Kier molecular flexibility index (Phi) is 5.81. The topological polar surface area (TPSA) is 147 Å². The van der Waals surface area contributed by atoms with E-state index in [1.165, 1.54) is 27.7 Å². The minimum absolute atomic E-state index is 0.173. The maximum atomic E-state index is 12.2. The van der Waals surface area contributed by atoms with Gasteiger partial charge in [-0.15, -0.1) is 0 Å². The summed E-state index contributed by atoms with van der Waals surface area (Å²) >= 11 is 0. The quantitative estimate of drug-likeness (QED) is 0.248. The lowest BCUT2D eigenvalue weighted by Gasteiger charge is -2.60. The Morgan fingerprint density at radius 1 is 1.03 bits per heavy atom. The van der Waals surface area contributed by atoms with Gasteiger partial charge in [-0.25, -0.2) is 0 Å². The zero-order valence-electron chi connectivity index (χ0n) is 20.0. The highest BCUT2D eigenvalue weighted by molar-refractivity contribution is 5.69. The normalized spacial score (nSPS) is 43.9. The van der Waals surface area contributed by atoms with Crippen LogP contribution in [0.25, 0.3) is 0 Å². The fourth-order valence-corrected chi connectivity index (χ4v) is 6.32. The zero-order valence-corrected chi connectivity index (χ0v) is 20.0. The minimum atomic E-state index is -1.49. The molecule has 4 unspecified atom stereocenters. The number of aliphatic hydroxyl groups is 1. The number of aliphatic hydroxyl groups excluding tert-OH is 1. The first-order chi connectivity index (χ1) is 15.8. The molecule has 2 saturated heterocycles. The van der Waals surface area contributed by atoms with Crippen molar-refractivity contribution in [3.8, 4) is 0 Å². The number of fused-ring (bicyclic) bond motifs is 2. The van der Waals surface area contributed by atoms with Crippen LogP contribution in [0.2, 0.25) is 0 Å². The van der Waals surface area contributed by atoms with Crippen LogP contribution in [0, 0.1) is 10.8 Å². The van der Waals surface area contributed by atoms with Crippen molar-refractivity contribution in [1.29, 1.82) is 0 Å². The lowest BCUT2D eigenvalue weighted by molar-refractivity contribution is -0.275. The molecule has 4 aliphatic rings. The van der Waals surface area contributed by atoms with Crippen LogP contribution in [0.3, 0.4) is 0 Å². The number of rotatable bonds is 5. The van der Waals surface area contributed by atoms with E-state index in [0.29, 0.717) is 5.57 Å². The highest BCUT2D eigenvalue weighted by Gasteiger charge is 2.88. The number of hydrogen-bond acceptors (Lipinski definition) is 11. The average Bonchev–Trinajstić information content (AvgIpc) is 3.49. The molecule has 0 radical (unpaired) electrons. The van der Waals surface area contributed by atoms with Gasteiger partial charge >= 0.3 is 23.9 Å². The second-order valence-corrected chi connectivity index (χ2v) is 9.67. The Bertz CT molecular complexity index is 953. The van der Waals surface area contributed by atoms with Gasteiger partial charge in [-0.3, -0.25) is 19.2 Å². The maximum Gasteiger partial charge on any atom is 0.303 e. The molecule has 34 heavy (non-hydrogen) atoms. The van der Waals surface area contributed by atoms with Crippen LogP contribution in [0.5, 0.6) is 0 Å². The summed E-state index contributed by atoms with van der Waals surface area (Å²) in [4.78, 5) is 48.0. The van der Waals surface area contributed by atoms with Crippen LogP contribution in [0.1, 0.15) is 41.5 Å². The molecule has 0 aromatic carbocycles. The van der Waals surface area contributed by atoms with Gasteiger partial charge in [0.1, 0.15) is 30.5 Å². The van der Waals surface area contributed by atoms with Gasteiger partial charge in [-0.05, 0) is 12.5 Å². The van der Waals surface area contributed by atoms with Gasteiger partial charge in [-0.2, -0.15) is 0 Å². The number of carbonyl (C=O) groups excluding carboxylic acids is 4. The molecule has 1 spiro atoms. The molecule has 1 saturated carbocycles. The second-order valence-electron chi connectivity index (χ2n) is 9.67. The van der Waals surface area contributed by atoms with Gasteiger partial charge in [0.25, 0.3) is 0 Å². The molecule has 11 heteroatoms. The Balaban J connectivity index is 1.95. The lowest BCUT2D eigenvalue weighted by Crippen LogP contribution is -2.73. The van der Waals surface area contributed by atoms with E-state index >= 15 is 0 Å². The first kappa shape index (κ1) is 24.6. The van der Waals surface area contributed by atoms with E-state index in [0.717, 1.165) is 0 Å². The summed E-state index contributed by atoms with van der Waals surface area (Å²) < 4.78 is 34.6. The summed E-state index contributed by atoms with van der Waals surface area (Å²) in [5.41, 5.74) is -3.33. The van der Waals surface area contributed by atoms with Gasteiger partial charge < -0.3 is 33.5 Å². The molecule has 0 aromatic rings. The molecule has 188 valence electrons. The Labute approximate surface area is 196 Å². The van der Waals surface area contributed by atoms with Crippen LogP contribution in [-0.2, 0) is 47.6 Å². The molecular formula is C23H30O11. The van der Waals surface area contributed by atoms with E-state index in [4.69, 9.17) is 28.4 Å². The molecule has 2 bridgehead atoms. The van der Waals surface area contributed by atoms with E-state index in [9.17, 15) is 24.3 Å². The minimum Gasteiger partial charge on any atom is -0.465 e. The van der Waals surface area contributed by atoms with Crippen molar-refractivity contribution >= 4 is 23.9 Å². The van der Waals surface area contributed by atoms with Crippen LogP contribution in [0.15, 0.2) is 11.6 Å². The standard InChI is InChI=1S/C23H30O11/c1-10-7-15-22(8-29-11(2)24,18(28)16(10)31-12(3)25)21(6)19(33-14(5)27)17(32-13(4)26)20(34-15)23(21)9-30-23/h7,15-20,28H,8-9H2,1-6H3/t15?,16-,17?,18-,19?,20?,21-,22-,23-/m1/s1. The van der Waals surface area contributed by atoms with E-state index in [-0.39, 0.29) is 13.2 Å². The molecule has 2 aliphatic heterocycles. The SMILES string of the molecule is CC(=O)OC[C@@]12C(C=C(C)[C@@H](OC(C)=O)[C@H]1O)OC1C(OC(C)=O)C(OC(C)=O)[C@@]2(C)[C@@]12CO2. The molecule has 0 aromatic heterocycles. The number of epoxide rings is 1. The fraction of sp³-hybridized carbons (Fsp3) is 0.739. The highest BCUT2D eigenvalue weighted by Crippen LogP contribution is 2.72. The summed E-state index contributed by atoms with van der Waals surface area (Å²) in [5.74, 6) is -2.47. The van der Waals surface area contributed by atoms with E-state index in [1.54, 1.807) is 19.9 Å². The van der Waals surface area contributed by atoms with E-state index in [2.05, 4.69) is 0 Å². The third kappa shape index (κ3) is 3.20. The summed E-state index contributed by atoms with van der Waals surface area (Å²) in [7, 11) is 0. The molecule has 1 N–H and O–H groups in total. The van der Waals surface area contributed by atoms with Gasteiger partial charge in [0.2, 0.25) is 0 Å². The van der Waals surface area contributed by atoms with Gasteiger partial charge in [0.05, 0.1) is 23.5 Å². The summed E-state index contributed by atoms with van der Waals surface area (Å²) in [6, 6.07) is 0. The Hall–Kier alpha value is -2.50. The van der Waals surface area contributed by atoms with Crippen molar-refractivity contribution in [3.05, 3.63) is 11.6 Å². The molecule has 4 rings (SSSR count). The van der Waals surface area contributed by atoms with E-state index in [1.807, 2.05) is 0 Å². The Morgan fingerprint density at radius 2 is 1.62 bits per heavy atom. The lowest BCUT2D eigenvalue weighted by atomic mass is 9.49. The van der Waals surface area contributed by atoms with Crippen molar-refractivity contribution in [2.24, 2.45) is 10.8 Å². The van der Waals surface area contributed by atoms with Gasteiger partial charge in [0, 0.05) is 27.7 Å². The summed E-state index contributed by atoms with van der Waals surface area (Å²) in [6.07, 6.45) is -4.65. The van der Waals surface area contributed by atoms with Crippen molar-refractivity contribution in [2.75, 3.05) is 13.2 Å². The van der Waals surface area contributed by atoms with Crippen molar-refractivity contribution in [2.45, 2.75) is 83.8 Å². The van der Waals surface area contributed by atoms with Crippen molar-refractivity contribution in [3.63, 3.8) is 0 Å². The van der Waals surface area contributed by atoms with Crippen LogP contribution in [0.4, 0.5) is 0 Å². The van der Waals surface area contributed by atoms with Crippen LogP contribution in [-0.4, -0.2) is 84.4 Å². The third-order valence-electron chi connectivity index (χ3n) is 7.81. The molecule has 11 nitrogen and oxygen atoms in total. The number of ether oxygens (including phenoxy) is 6. The van der Waals surface area contributed by atoms with Crippen molar-refractivity contribution in [1.82, 2.24) is 0 Å². The van der Waals surface area contributed by atoms with Crippen LogP contribution < -0.4 is 0 Å². The molecule has 2 heterocycles. The smallest absolute Gasteiger partial charge is 0.303 e. The molecule has 9 atom stereocenters. The van der Waals surface area contributed by atoms with Gasteiger partial charge in [-0.1, -0.05) is 13.0 Å². The molecule has 3 fully saturated rings. The molecular weight excluding hydrogens is 452 g/mol. The summed E-state index contributed by atoms with van der Waals surface area (Å²) in [5, 5.41) is 11.8. The number of esters is 4. The van der Waals surface area contributed by atoms with Crippen molar-refractivity contribution < 1.29 is 52.7 Å². The zero-order chi connectivity index (χ0) is 25.2.